The standard InChI is InChI=1S/C18H18ClN3O4/c1-2-21-18(25)22-16(23)15(11-6-4-3-5-7-11)26-17(24)13-9-8-12(19)10-14(13)20/h3-10,15H,2,20H2,1H3,(H2,21,22,23,25)/t15-/m0/s1. The van der Waals surface area contributed by atoms with Gasteiger partial charge in [0.05, 0.1) is 5.56 Å². The predicted octanol–water partition coefficient (Wildman–Crippen LogP) is 2.67. The number of nitrogens with two attached hydrogens (primary N) is 1. The van der Waals surface area contributed by atoms with Crippen LogP contribution in [0.5, 0.6) is 0 Å². The van der Waals surface area contributed by atoms with Crippen molar-refractivity contribution in [3.63, 3.8) is 0 Å². The van der Waals surface area contributed by atoms with Gasteiger partial charge < -0.3 is 15.8 Å². The van der Waals surface area contributed by atoms with E-state index in [1.165, 1.54) is 18.2 Å². The van der Waals surface area contributed by atoms with Crippen molar-refractivity contribution in [3.8, 4) is 0 Å². The monoisotopic (exact) mass is 375 g/mol. The number of urea groups is 1. The molecule has 136 valence electrons. The molecule has 3 amide bonds. The van der Waals surface area contributed by atoms with E-state index in [1.807, 2.05) is 0 Å². The van der Waals surface area contributed by atoms with Crippen LogP contribution in [-0.2, 0) is 9.53 Å². The Labute approximate surface area is 155 Å². The molecule has 1 atom stereocenters. The molecule has 0 fully saturated rings. The molecule has 4 N–H and O–H groups in total. The van der Waals surface area contributed by atoms with Gasteiger partial charge in [0.1, 0.15) is 0 Å². The topological polar surface area (TPSA) is 111 Å². The molecule has 0 unspecified atom stereocenters. The van der Waals surface area contributed by atoms with Crippen LogP contribution in [0, 0.1) is 0 Å². The summed E-state index contributed by atoms with van der Waals surface area (Å²) < 4.78 is 5.33. The quantitative estimate of drug-likeness (QED) is 0.549. The van der Waals surface area contributed by atoms with Crippen molar-refractivity contribution in [1.82, 2.24) is 10.6 Å². The molecule has 0 bridgehead atoms. The molecule has 0 saturated carbocycles. The first-order chi connectivity index (χ1) is 12.4. The number of ether oxygens (including phenoxy) is 1. The lowest BCUT2D eigenvalue weighted by Crippen LogP contribution is -2.42. The fourth-order valence-corrected chi connectivity index (χ4v) is 2.35. The van der Waals surface area contributed by atoms with E-state index >= 15 is 0 Å². The molecule has 0 aliphatic rings. The Bertz CT molecular complexity index is 811. The molecule has 0 aliphatic heterocycles. The molecular formula is C18H18ClN3O4. The van der Waals surface area contributed by atoms with Crippen LogP contribution in [0.4, 0.5) is 10.5 Å². The Kier molecular flexibility index (Phi) is 6.57. The number of anilines is 1. The summed E-state index contributed by atoms with van der Waals surface area (Å²) in [5.41, 5.74) is 6.39. The Morgan fingerprint density at radius 1 is 1.15 bits per heavy atom. The summed E-state index contributed by atoms with van der Waals surface area (Å²) >= 11 is 5.82. The Morgan fingerprint density at radius 3 is 2.46 bits per heavy atom. The molecule has 0 aromatic heterocycles. The van der Waals surface area contributed by atoms with Gasteiger partial charge in [0, 0.05) is 22.8 Å². The van der Waals surface area contributed by atoms with Crippen LogP contribution in [0.25, 0.3) is 0 Å². The van der Waals surface area contributed by atoms with Gasteiger partial charge in [0.2, 0.25) is 6.10 Å². The van der Waals surface area contributed by atoms with Crippen LogP contribution < -0.4 is 16.4 Å². The second-order valence-corrected chi connectivity index (χ2v) is 5.71. The minimum absolute atomic E-state index is 0.0705. The van der Waals surface area contributed by atoms with Gasteiger partial charge in [0.15, 0.2) is 0 Å². The van der Waals surface area contributed by atoms with Crippen molar-refractivity contribution in [3.05, 3.63) is 64.7 Å². The van der Waals surface area contributed by atoms with Crippen molar-refractivity contribution in [2.75, 3.05) is 12.3 Å². The average Bonchev–Trinajstić information content (AvgIpc) is 2.60. The zero-order valence-electron chi connectivity index (χ0n) is 14.0. The number of carbonyl (C=O) groups is 3. The molecule has 0 heterocycles. The summed E-state index contributed by atoms with van der Waals surface area (Å²) in [4.78, 5) is 36.5. The molecular weight excluding hydrogens is 358 g/mol. The molecule has 0 aliphatic carbocycles. The van der Waals surface area contributed by atoms with Gasteiger partial charge in [-0.05, 0) is 25.1 Å². The smallest absolute Gasteiger partial charge is 0.341 e. The number of nitrogen functional groups attached to an aromatic ring is 1. The van der Waals surface area contributed by atoms with Crippen molar-refractivity contribution in [1.29, 1.82) is 0 Å². The van der Waals surface area contributed by atoms with E-state index < -0.39 is 24.0 Å². The highest BCUT2D eigenvalue weighted by Gasteiger charge is 2.27. The van der Waals surface area contributed by atoms with Crippen molar-refractivity contribution in [2.45, 2.75) is 13.0 Å². The normalized spacial score (nSPS) is 11.3. The highest BCUT2D eigenvalue weighted by Crippen LogP contribution is 2.23. The molecule has 2 aromatic rings. The predicted molar refractivity (Wildman–Crippen MR) is 97.7 cm³/mol. The van der Waals surface area contributed by atoms with E-state index in [-0.39, 0.29) is 11.3 Å². The van der Waals surface area contributed by atoms with Crippen LogP contribution in [0.3, 0.4) is 0 Å². The zero-order chi connectivity index (χ0) is 19.1. The fourth-order valence-electron chi connectivity index (χ4n) is 2.17. The second-order valence-electron chi connectivity index (χ2n) is 5.28. The maximum atomic E-state index is 12.5. The SMILES string of the molecule is CCNC(=O)NC(=O)[C@@H](OC(=O)c1ccc(Cl)cc1N)c1ccccc1. The zero-order valence-corrected chi connectivity index (χ0v) is 14.7. The fraction of sp³-hybridized carbons (Fsp3) is 0.167. The third kappa shape index (κ3) is 4.97. The van der Waals surface area contributed by atoms with Gasteiger partial charge in [0.25, 0.3) is 5.91 Å². The number of hydrogen-bond donors (Lipinski definition) is 3. The van der Waals surface area contributed by atoms with Crippen molar-refractivity contribution >= 4 is 35.2 Å². The average molecular weight is 376 g/mol. The molecule has 8 heteroatoms. The van der Waals surface area contributed by atoms with Gasteiger partial charge >= 0.3 is 12.0 Å². The lowest BCUT2D eigenvalue weighted by molar-refractivity contribution is -0.129. The number of nitrogens with one attached hydrogen (secondary N) is 2. The number of rotatable bonds is 5. The van der Waals surface area contributed by atoms with E-state index in [2.05, 4.69) is 10.6 Å². The molecule has 2 aromatic carbocycles. The molecule has 26 heavy (non-hydrogen) atoms. The first-order valence-corrected chi connectivity index (χ1v) is 8.19. The minimum atomic E-state index is -1.32. The van der Waals surface area contributed by atoms with Crippen LogP contribution in [0.1, 0.15) is 28.9 Å². The summed E-state index contributed by atoms with van der Waals surface area (Å²) in [6.45, 7) is 2.05. The van der Waals surface area contributed by atoms with Gasteiger partial charge in [-0.3, -0.25) is 10.1 Å². The van der Waals surface area contributed by atoms with Crippen LogP contribution in [-0.4, -0.2) is 24.5 Å². The summed E-state index contributed by atoms with van der Waals surface area (Å²) in [6, 6.07) is 12.0. The number of esters is 1. The highest BCUT2D eigenvalue weighted by atomic mass is 35.5. The Balaban J connectivity index is 2.25. The maximum absolute atomic E-state index is 12.5. The number of benzene rings is 2. The largest absolute Gasteiger partial charge is 0.444 e. The molecule has 0 saturated heterocycles. The second kappa shape index (κ2) is 8.87. The van der Waals surface area contributed by atoms with E-state index in [0.717, 1.165) is 0 Å². The summed E-state index contributed by atoms with van der Waals surface area (Å²) in [5.74, 6) is -1.58. The maximum Gasteiger partial charge on any atom is 0.341 e. The number of carbonyl (C=O) groups excluding carboxylic acids is 3. The van der Waals surface area contributed by atoms with Crippen molar-refractivity contribution in [2.24, 2.45) is 0 Å². The van der Waals surface area contributed by atoms with Gasteiger partial charge in [-0.2, -0.15) is 0 Å². The Morgan fingerprint density at radius 2 is 1.85 bits per heavy atom. The van der Waals surface area contributed by atoms with Crippen LogP contribution >= 0.6 is 11.6 Å². The minimum Gasteiger partial charge on any atom is -0.444 e. The van der Waals surface area contributed by atoms with Gasteiger partial charge in [-0.25, -0.2) is 9.59 Å². The van der Waals surface area contributed by atoms with Crippen LogP contribution in [0.15, 0.2) is 48.5 Å². The van der Waals surface area contributed by atoms with Crippen molar-refractivity contribution < 1.29 is 19.1 Å². The molecule has 7 nitrogen and oxygen atoms in total. The molecule has 2 rings (SSSR count). The van der Waals surface area contributed by atoms with Gasteiger partial charge in [-0.1, -0.05) is 41.9 Å². The van der Waals surface area contributed by atoms with E-state index in [1.54, 1.807) is 37.3 Å². The third-order valence-corrected chi connectivity index (χ3v) is 3.61. The first kappa shape index (κ1) is 19.3. The lowest BCUT2D eigenvalue weighted by Gasteiger charge is -2.18. The van der Waals surface area contributed by atoms with Gasteiger partial charge in [-0.15, -0.1) is 0 Å². The first-order valence-electron chi connectivity index (χ1n) is 7.82. The number of imide groups is 1. The molecule has 0 radical (unpaired) electrons. The molecule has 0 spiro atoms. The van der Waals surface area contributed by atoms with E-state index in [4.69, 9.17) is 22.1 Å². The highest BCUT2D eigenvalue weighted by molar-refractivity contribution is 6.31. The van der Waals surface area contributed by atoms with E-state index in [0.29, 0.717) is 17.1 Å². The summed E-state index contributed by atoms with van der Waals surface area (Å²) in [7, 11) is 0. The summed E-state index contributed by atoms with van der Waals surface area (Å²) in [6.07, 6.45) is -1.32. The number of amides is 3. The van der Waals surface area contributed by atoms with Crippen LogP contribution in [0.2, 0.25) is 5.02 Å². The Hall–Kier alpha value is -3.06. The third-order valence-electron chi connectivity index (χ3n) is 3.37. The van der Waals surface area contributed by atoms with E-state index in [9.17, 15) is 14.4 Å². The lowest BCUT2D eigenvalue weighted by atomic mass is 10.1. The summed E-state index contributed by atoms with van der Waals surface area (Å²) in [5, 5.41) is 4.95. The number of hydrogen-bond acceptors (Lipinski definition) is 5. The number of halogens is 1.